The van der Waals surface area contributed by atoms with Crippen LogP contribution in [-0.2, 0) is 12.8 Å². The van der Waals surface area contributed by atoms with Gasteiger partial charge >= 0.3 is 0 Å². The first-order valence-corrected chi connectivity index (χ1v) is 12.0. The molecule has 0 saturated carbocycles. The molecule has 0 amide bonds. The fourth-order valence-electron chi connectivity index (χ4n) is 4.25. The first kappa shape index (κ1) is 22.8. The molecule has 9 heteroatoms. The maximum absolute atomic E-state index is 13.4. The summed E-state index contributed by atoms with van der Waals surface area (Å²) in [6.07, 6.45) is 7.69. The molecule has 4 heterocycles. The smallest absolute Gasteiger partial charge is 0.296 e. The van der Waals surface area contributed by atoms with E-state index in [1.807, 2.05) is 66.7 Å². The van der Waals surface area contributed by atoms with Crippen LogP contribution in [0.15, 0.2) is 101 Å². The second-order valence-corrected chi connectivity index (χ2v) is 8.88. The van der Waals surface area contributed by atoms with E-state index in [-0.39, 0.29) is 5.56 Å². The number of rotatable bonds is 6. The second kappa shape index (κ2) is 9.75. The van der Waals surface area contributed by atoms with E-state index in [0.717, 1.165) is 39.1 Å². The number of hydrogen-bond acceptors (Lipinski definition) is 7. The third-order valence-corrected chi connectivity index (χ3v) is 6.41. The van der Waals surface area contributed by atoms with Gasteiger partial charge in [0.05, 0.1) is 6.20 Å². The Kier molecular flexibility index (Phi) is 6.00. The molecule has 37 heavy (non-hydrogen) atoms. The second-order valence-electron chi connectivity index (χ2n) is 8.44. The third kappa shape index (κ3) is 4.50. The van der Waals surface area contributed by atoms with E-state index in [0.29, 0.717) is 29.2 Å². The number of pyridine rings is 1. The molecule has 0 aliphatic rings. The van der Waals surface area contributed by atoms with Crippen molar-refractivity contribution in [2.45, 2.75) is 12.8 Å². The highest BCUT2D eigenvalue weighted by Gasteiger charge is 2.18. The monoisotopic (exact) mass is 506 g/mol. The predicted octanol–water partition coefficient (Wildman–Crippen LogP) is 5.31. The van der Waals surface area contributed by atoms with Crippen molar-refractivity contribution < 1.29 is 4.52 Å². The fraction of sp³-hybridized carbons (Fsp3) is 0.0714. The molecule has 0 saturated heterocycles. The van der Waals surface area contributed by atoms with Crippen molar-refractivity contribution in [2.75, 3.05) is 0 Å². The Hall–Kier alpha value is -4.69. The van der Waals surface area contributed by atoms with Gasteiger partial charge in [-0.3, -0.25) is 9.78 Å². The normalized spacial score (nSPS) is 11.2. The molecular formula is C28H19ClN6O2. The van der Waals surface area contributed by atoms with Crippen LogP contribution in [0.3, 0.4) is 0 Å². The molecule has 0 fully saturated rings. The van der Waals surface area contributed by atoms with E-state index < -0.39 is 0 Å². The van der Waals surface area contributed by atoms with Gasteiger partial charge in [-0.25, -0.2) is 0 Å². The summed E-state index contributed by atoms with van der Waals surface area (Å²) in [4.78, 5) is 17.5. The van der Waals surface area contributed by atoms with E-state index in [9.17, 15) is 4.79 Å². The van der Waals surface area contributed by atoms with Crippen LogP contribution in [0.2, 0.25) is 5.02 Å². The van der Waals surface area contributed by atoms with Crippen LogP contribution in [0.5, 0.6) is 0 Å². The molecule has 180 valence electrons. The van der Waals surface area contributed by atoms with Gasteiger partial charge in [0.2, 0.25) is 0 Å². The molecule has 0 unspecified atom stereocenters. The summed E-state index contributed by atoms with van der Waals surface area (Å²) < 4.78 is 6.23. The van der Waals surface area contributed by atoms with Crippen molar-refractivity contribution in [1.29, 1.82) is 0 Å². The summed E-state index contributed by atoms with van der Waals surface area (Å²) >= 11 is 6.10. The summed E-state index contributed by atoms with van der Waals surface area (Å²) in [5.41, 5.74) is 6.58. The molecule has 2 aromatic carbocycles. The number of benzene rings is 2. The third-order valence-electron chi connectivity index (χ3n) is 6.16. The Labute approximate surface area is 216 Å². The van der Waals surface area contributed by atoms with Crippen molar-refractivity contribution >= 4 is 17.2 Å². The van der Waals surface area contributed by atoms with Crippen LogP contribution in [0.1, 0.15) is 11.3 Å². The molecule has 6 aromatic rings. The van der Waals surface area contributed by atoms with Crippen LogP contribution in [0, 0.1) is 0 Å². The Morgan fingerprint density at radius 3 is 2.30 bits per heavy atom. The van der Waals surface area contributed by atoms with Gasteiger partial charge < -0.3 is 4.52 Å². The molecule has 0 aliphatic carbocycles. The topological polar surface area (TPSA) is 99.1 Å². The minimum atomic E-state index is -0.290. The first-order chi connectivity index (χ1) is 18.2. The molecule has 0 spiro atoms. The molecule has 8 nitrogen and oxygen atoms in total. The summed E-state index contributed by atoms with van der Waals surface area (Å²) in [6, 6.07) is 21.0. The molecular weight excluding hydrogens is 488 g/mol. The Bertz CT molecular complexity index is 1730. The van der Waals surface area contributed by atoms with Crippen molar-refractivity contribution in [3.05, 3.63) is 118 Å². The molecule has 4 aromatic heterocycles. The Morgan fingerprint density at radius 1 is 0.811 bits per heavy atom. The highest BCUT2D eigenvalue weighted by atomic mass is 35.5. The lowest BCUT2D eigenvalue weighted by molar-refractivity contribution is 0.422. The van der Waals surface area contributed by atoms with Gasteiger partial charge in [-0.15, -0.1) is 10.2 Å². The summed E-state index contributed by atoms with van der Waals surface area (Å²) in [5.74, 6) is 0. The highest BCUT2D eigenvalue weighted by Crippen LogP contribution is 2.34. The van der Waals surface area contributed by atoms with Gasteiger partial charge in [0, 0.05) is 46.6 Å². The van der Waals surface area contributed by atoms with Gasteiger partial charge in [-0.1, -0.05) is 53.2 Å². The maximum atomic E-state index is 13.4. The van der Waals surface area contributed by atoms with Gasteiger partial charge in [0.25, 0.3) is 5.56 Å². The molecule has 0 radical (unpaired) electrons. The zero-order valence-corrected chi connectivity index (χ0v) is 20.2. The molecule has 0 atom stereocenters. The van der Waals surface area contributed by atoms with E-state index in [1.54, 1.807) is 24.9 Å². The van der Waals surface area contributed by atoms with Gasteiger partial charge in [-0.05, 0) is 47.4 Å². The quantitative estimate of drug-likeness (QED) is 0.302. The molecule has 0 bridgehead atoms. The zero-order valence-electron chi connectivity index (χ0n) is 19.5. The predicted molar refractivity (Wildman–Crippen MR) is 140 cm³/mol. The number of aromatic nitrogens is 6. The van der Waals surface area contributed by atoms with Gasteiger partial charge in [-0.2, -0.15) is 9.61 Å². The van der Waals surface area contributed by atoms with Crippen molar-refractivity contribution in [3.63, 3.8) is 0 Å². The van der Waals surface area contributed by atoms with Crippen LogP contribution in [0.25, 0.3) is 39.2 Å². The van der Waals surface area contributed by atoms with Crippen LogP contribution < -0.4 is 5.56 Å². The van der Waals surface area contributed by atoms with E-state index in [1.165, 1.54) is 4.52 Å². The lowest BCUT2D eigenvalue weighted by Crippen LogP contribution is -2.25. The summed E-state index contributed by atoms with van der Waals surface area (Å²) in [7, 11) is 0. The minimum absolute atomic E-state index is 0.290. The number of aryl methyl sites for hydroxylation is 2. The van der Waals surface area contributed by atoms with E-state index >= 15 is 0 Å². The lowest BCUT2D eigenvalue weighted by atomic mass is 9.97. The van der Waals surface area contributed by atoms with E-state index in [2.05, 4.69) is 25.4 Å². The summed E-state index contributed by atoms with van der Waals surface area (Å²) in [5, 5.41) is 17.8. The van der Waals surface area contributed by atoms with Crippen molar-refractivity contribution in [1.82, 2.24) is 30.0 Å². The maximum Gasteiger partial charge on any atom is 0.296 e. The first-order valence-electron chi connectivity index (χ1n) is 11.6. The van der Waals surface area contributed by atoms with Crippen LogP contribution in [-0.4, -0.2) is 30.0 Å². The minimum Gasteiger partial charge on any atom is -0.364 e. The Morgan fingerprint density at radius 2 is 1.57 bits per heavy atom. The molecule has 0 N–H and O–H groups in total. The standard InChI is InChI=1S/C28H19ClN6O2/c29-22-8-6-19(7-9-22)23-17-31-35-27(26(23)21-11-14-30-15-12-21)33-32-25(28(35)36)10-3-18-1-4-20(5-2-18)24-13-16-37-34-24/h1-2,4-9,11-17H,3,10H2. The zero-order chi connectivity index (χ0) is 25.2. The Balaban J connectivity index is 1.36. The number of fused-ring (bicyclic) bond motifs is 1. The number of hydrogen-bond donors (Lipinski definition) is 0. The highest BCUT2D eigenvalue weighted by molar-refractivity contribution is 6.30. The molecule has 6 rings (SSSR count). The van der Waals surface area contributed by atoms with Crippen LogP contribution >= 0.6 is 11.6 Å². The molecule has 0 aliphatic heterocycles. The van der Waals surface area contributed by atoms with Gasteiger partial charge in [0.15, 0.2) is 5.65 Å². The van der Waals surface area contributed by atoms with E-state index in [4.69, 9.17) is 16.1 Å². The number of nitrogens with zero attached hydrogens (tertiary/aromatic N) is 6. The average molecular weight is 507 g/mol. The summed E-state index contributed by atoms with van der Waals surface area (Å²) in [6.45, 7) is 0. The largest absolute Gasteiger partial charge is 0.364 e. The lowest BCUT2D eigenvalue weighted by Gasteiger charge is -2.13. The van der Waals surface area contributed by atoms with Crippen molar-refractivity contribution in [2.24, 2.45) is 0 Å². The van der Waals surface area contributed by atoms with Crippen LogP contribution in [0.4, 0.5) is 0 Å². The fourth-order valence-corrected chi connectivity index (χ4v) is 4.38. The number of halogens is 1. The van der Waals surface area contributed by atoms with Crippen molar-refractivity contribution in [3.8, 4) is 33.5 Å². The average Bonchev–Trinajstić information content (AvgIpc) is 3.49. The SMILES string of the molecule is O=c1c(CCc2ccc(-c3ccon3)cc2)nnc2c(-c3ccncc3)c(-c3ccc(Cl)cc3)cnn12. The van der Waals surface area contributed by atoms with Gasteiger partial charge in [0.1, 0.15) is 17.7 Å².